The number of piperazine rings is 1. The van der Waals surface area contributed by atoms with Crippen LogP contribution < -0.4 is 4.90 Å². The van der Waals surface area contributed by atoms with Gasteiger partial charge in [-0.2, -0.15) is 4.74 Å². The van der Waals surface area contributed by atoms with Crippen LogP contribution in [0.25, 0.3) is 0 Å². The van der Waals surface area contributed by atoms with Crippen LogP contribution in [0.5, 0.6) is 0 Å². The molecular weight excluding hydrogens is 314 g/mol. The van der Waals surface area contributed by atoms with Gasteiger partial charge in [0.2, 0.25) is 0 Å². The lowest BCUT2D eigenvalue weighted by molar-refractivity contribution is -0.459. The van der Waals surface area contributed by atoms with E-state index >= 15 is 0 Å². The summed E-state index contributed by atoms with van der Waals surface area (Å²) in [4.78, 5) is 4.59. The van der Waals surface area contributed by atoms with E-state index in [1.165, 1.54) is 0 Å². The Balaban J connectivity index is 1.92. The number of anilines is 1. The summed E-state index contributed by atoms with van der Waals surface area (Å²) in [6.45, 7) is 3.15. The summed E-state index contributed by atoms with van der Waals surface area (Å²) < 4.78 is 6.57. The molecule has 0 aliphatic carbocycles. The van der Waals surface area contributed by atoms with Crippen molar-refractivity contribution < 1.29 is 9.16 Å². The average Bonchev–Trinajstić information content (AvgIpc) is 2.99. The molecule has 5 nitrogen and oxygen atoms in total. The van der Waals surface area contributed by atoms with Gasteiger partial charge in [0.05, 0.1) is 17.5 Å². The average molecular weight is 332 g/mol. The van der Waals surface area contributed by atoms with Gasteiger partial charge in [0.1, 0.15) is 6.04 Å². The summed E-state index contributed by atoms with van der Waals surface area (Å²) in [5.74, 6) is 0.580. The van der Waals surface area contributed by atoms with Crippen molar-refractivity contribution in [3.05, 3.63) is 58.1 Å². The molecule has 1 unspecified atom stereocenters. The van der Waals surface area contributed by atoms with Gasteiger partial charge in [-0.25, -0.2) is 0 Å². The van der Waals surface area contributed by atoms with Crippen molar-refractivity contribution in [1.29, 1.82) is 0 Å². The van der Waals surface area contributed by atoms with E-state index in [1.54, 1.807) is 12.3 Å². The minimum atomic E-state index is 0.152. The van der Waals surface area contributed by atoms with E-state index < -0.39 is 0 Å². The van der Waals surface area contributed by atoms with Crippen LogP contribution in [0, 0.1) is 5.21 Å². The van der Waals surface area contributed by atoms with E-state index in [-0.39, 0.29) is 6.04 Å². The fourth-order valence-corrected chi connectivity index (χ4v) is 3.69. The first-order valence-corrected chi connectivity index (χ1v) is 8.12. The number of hydrogen-bond donors (Lipinski definition) is 0. The van der Waals surface area contributed by atoms with Gasteiger partial charge >= 0.3 is 0 Å². The van der Waals surface area contributed by atoms with Gasteiger partial charge in [0.25, 0.3) is 5.71 Å². The maximum atomic E-state index is 12.9. The Morgan fingerprint density at radius 3 is 2.96 bits per heavy atom. The first kappa shape index (κ1) is 14.6. The van der Waals surface area contributed by atoms with E-state index in [0.29, 0.717) is 23.0 Å². The van der Waals surface area contributed by atoms with Gasteiger partial charge in [-0.05, 0) is 37.4 Å². The molecule has 2 aromatic rings. The van der Waals surface area contributed by atoms with Crippen molar-refractivity contribution in [2.75, 3.05) is 38.1 Å². The van der Waals surface area contributed by atoms with Crippen LogP contribution in [-0.2, 0) is 0 Å². The van der Waals surface area contributed by atoms with Gasteiger partial charge in [-0.15, -0.1) is 0 Å². The molecule has 0 N–H and O–H groups in total. The Bertz CT molecular complexity index is 757. The Morgan fingerprint density at radius 1 is 1.30 bits per heavy atom. The highest BCUT2D eigenvalue weighted by molar-refractivity contribution is 6.31. The van der Waals surface area contributed by atoms with Crippen LogP contribution in [0.4, 0.5) is 5.69 Å². The van der Waals surface area contributed by atoms with Gasteiger partial charge in [0.15, 0.2) is 12.3 Å². The van der Waals surface area contributed by atoms with Crippen LogP contribution >= 0.6 is 11.6 Å². The van der Waals surface area contributed by atoms with Gasteiger partial charge in [-0.3, -0.25) is 0 Å². The molecule has 0 spiro atoms. The number of benzene rings is 1. The lowest BCUT2D eigenvalue weighted by Gasteiger charge is -2.39. The van der Waals surface area contributed by atoms with E-state index in [0.717, 1.165) is 35.6 Å². The highest BCUT2D eigenvalue weighted by Crippen LogP contribution is 2.32. The molecule has 1 fully saturated rings. The monoisotopic (exact) mass is 331 g/mol. The van der Waals surface area contributed by atoms with E-state index in [4.69, 9.17) is 16.0 Å². The number of hydrogen-bond acceptors (Lipinski definition) is 4. The molecule has 2 aliphatic heterocycles. The zero-order valence-corrected chi connectivity index (χ0v) is 13.7. The molecule has 1 aromatic heterocycles. The van der Waals surface area contributed by atoms with Gasteiger partial charge in [0, 0.05) is 24.7 Å². The van der Waals surface area contributed by atoms with Crippen molar-refractivity contribution in [3.63, 3.8) is 0 Å². The van der Waals surface area contributed by atoms with Crippen molar-refractivity contribution >= 4 is 23.0 Å². The minimum absolute atomic E-state index is 0.152. The maximum absolute atomic E-state index is 12.9. The fraction of sp³-hybridized carbons (Fsp3) is 0.353. The lowest BCUT2D eigenvalue weighted by Crippen LogP contribution is -2.54. The molecule has 6 heteroatoms. The zero-order valence-electron chi connectivity index (χ0n) is 12.9. The van der Waals surface area contributed by atoms with Crippen molar-refractivity contribution in [2.24, 2.45) is 0 Å². The number of rotatable bonds is 1. The number of halogens is 1. The number of furan rings is 1. The number of likely N-dealkylation sites (N-methyl/N-ethyl adjacent to an activating group) is 1. The smallest absolute Gasteiger partial charge is 0.263 e. The SMILES string of the molecule is CN1CCN2c3ccc(Cl)cc3C(c3ccco3)=[N+]([O-])CC2C1. The maximum Gasteiger partial charge on any atom is 0.263 e. The number of nitrogens with zero attached hydrogens (tertiary/aromatic N) is 3. The summed E-state index contributed by atoms with van der Waals surface area (Å²) in [6, 6.07) is 9.53. The van der Waals surface area contributed by atoms with Crippen LogP contribution in [-0.4, -0.2) is 54.6 Å². The second-order valence-corrected chi connectivity index (χ2v) is 6.59. The second kappa shape index (κ2) is 5.58. The van der Waals surface area contributed by atoms with Gasteiger partial charge < -0.3 is 19.4 Å². The molecule has 0 radical (unpaired) electrons. The third-order valence-electron chi connectivity index (χ3n) is 4.59. The predicted octanol–water partition coefficient (Wildman–Crippen LogP) is 2.41. The summed E-state index contributed by atoms with van der Waals surface area (Å²) in [7, 11) is 2.09. The van der Waals surface area contributed by atoms with E-state index in [1.807, 2.05) is 24.3 Å². The minimum Gasteiger partial charge on any atom is -0.623 e. The van der Waals surface area contributed by atoms with Crippen molar-refractivity contribution in [1.82, 2.24) is 4.90 Å². The molecule has 2 aliphatic rings. The third-order valence-corrected chi connectivity index (χ3v) is 4.82. The Morgan fingerprint density at radius 2 is 2.17 bits per heavy atom. The van der Waals surface area contributed by atoms with Crippen LogP contribution in [0.3, 0.4) is 0 Å². The zero-order chi connectivity index (χ0) is 16.0. The highest BCUT2D eigenvalue weighted by atomic mass is 35.5. The molecule has 0 bridgehead atoms. The predicted molar refractivity (Wildman–Crippen MR) is 90.5 cm³/mol. The van der Waals surface area contributed by atoms with Crippen LogP contribution in [0.2, 0.25) is 5.02 Å². The van der Waals surface area contributed by atoms with Crippen LogP contribution in [0.15, 0.2) is 41.0 Å². The summed E-state index contributed by atoms with van der Waals surface area (Å²) in [5.41, 5.74) is 2.45. The molecule has 1 saturated heterocycles. The first-order chi connectivity index (χ1) is 11.1. The largest absolute Gasteiger partial charge is 0.623 e. The van der Waals surface area contributed by atoms with Crippen molar-refractivity contribution in [2.45, 2.75) is 6.04 Å². The Labute approximate surface area is 140 Å². The molecule has 3 heterocycles. The lowest BCUT2D eigenvalue weighted by atomic mass is 10.0. The Kier molecular flexibility index (Phi) is 3.54. The van der Waals surface area contributed by atoms with Gasteiger partial charge in [-0.1, -0.05) is 11.6 Å². The topological polar surface area (TPSA) is 45.7 Å². The second-order valence-electron chi connectivity index (χ2n) is 6.16. The summed E-state index contributed by atoms with van der Waals surface area (Å²) >= 11 is 6.21. The molecule has 23 heavy (non-hydrogen) atoms. The number of fused-ring (bicyclic) bond motifs is 3. The highest BCUT2D eigenvalue weighted by Gasteiger charge is 2.36. The molecular formula is C17H18ClN3O2. The quantitative estimate of drug-likeness (QED) is 0.594. The molecule has 1 atom stereocenters. The molecule has 0 amide bonds. The molecule has 0 saturated carbocycles. The molecule has 1 aromatic carbocycles. The molecule has 4 rings (SSSR count). The third kappa shape index (κ3) is 2.50. The number of hydroxylamine groups is 1. The fourth-order valence-electron chi connectivity index (χ4n) is 3.52. The summed E-state index contributed by atoms with van der Waals surface area (Å²) in [5, 5.41) is 13.5. The van der Waals surface area contributed by atoms with Crippen LogP contribution in [0.1, 0.15) is 11.3 Å². The first-order valence-electron chi connectivity index (χ1n) is 7.74. The van der Waals surface area contributed by atoms with E-state index in [2.05, 4.69) is 16.8 Å². The van der Waals surface area contributed by atoms with Crippen molar-refractivity contribution in [3.8, 4) is 0 Å². The normalized spacial score (nSPS) is 21.8. The standard InChI is InChI=1S/C17H18ClN3O2/c1-19-6-7-20-13(10-19)11-21(22)17(16-3-2-8-23-16)14-9-12(18)4-5-15(14)20/h2-5,8-9,13H,6-7,10-11H2,1H3. The van der Waals surface area contributed by atoms with E-state index in [9.17, 15) is 5.21 Å². The Hall–Kier alpha value is -1.98. The summed E-state index contributed by atoms with van der Waals surface area (Å²) in [6.07, 6.45) is 1.59. The molecule has 120 valence electrons.